The number of pyridine rings is 1. The number of ether oxygens (including phenoxy) is 1. The van der Waals surface area contributed by atoms with Crippen LogP contribution >= 0.6 is 11.3 Å². The van der Waals surface area contributed by atoms with Crippen molar-refractivity contribution in [2.45, 2.75) is 13.0 Å². The van der Waals surface area contributed by atoms with Gasteiger partial charge in [-0.15, -0.1) is 11.3 Å². The topological polar surface area (TPSA) is 52.1 Å². The van der Waals surface area contributed by atoms with Gasteiger partial charge in [0.25, 0.3) is 0 Å². The molecule has 0 atom stereocenters. The molecule has 0 amide bonds. The van der Waals surface area contributed by atoms with Gasteiger partial charge in [-0.05, 0) is 28.8 Å². The highest BCUT2D eigenvalue weighted by molar-refractivity contribution is 7.13. The van der Waals surface area contributed by atoms with E-state index in [0.29, 0.717) is 5.69 Å². The SMILES string of the molecule is O=C(Cc1csc(-c2ccccn2)n1)OCc1ccc(-c2ccccc2)cc1. The summed E-state index contributed by atoms with van der Waals surface area (Å²) in [6, 6.07) is 23.9. The number of carbonyl (C=O) groups excluding carboxylic acids is 1. The highest BCUT2D eigenvalue weighted by atomic mass is 32.1. The third-order valence-corrected chi connectivity index (χ3v) is 5.14. The fourth-order valence-electron chi connectivity index (χ4n) is 2.78. The molecule has 0 unspecified atom stereocenters. The standard InChI is InChI=1S/C23H18N2O2S/c26-22(14-20-16-28-23(25-20)21-8-4-5-13-24-21)27-15-17-9-11-19(12-10-17)18-6-2-1-3-7-18/h1-13,16H,14-15H2. The van der Waals surface area contributed by atoms with E-state index in [0.717, 1.165) is 21.8 Å². The third kappa shape index (κ3) is 4.50. The molecule has 2 aromatic heterocycles. The zero-order chi connectivity index (χ0) is 19.2. The Balaban J connectivity index is 1.32. The second-order valence-electron chi connectivity index (χ2n) is 6.26. The van der Waals surface area contributed by atoms with E-state index in [1.807, 2.05) is 66.0 Å². The van der Waals surface area contributed by atoms with Gasteiger partial charge in [0.2, 0.25) is 0 Å². The lowest BCUT2D eigenvalue weighted by atomic mass is 10.0. The van der Waals surface area contributed by atoms with E-state index in [2.05, 4.69) is 22.1 Å². The van der Waals surface area contributed by atoms with Gasteiger partial charge in [0.15, 0.2) is 0 Å². The van der Waals surface area contributed by atoms with Crippen molar-refractivity contribution in [3.05, 3.63) is 95.6 Å². The van der Waals surface area contributed by atoms with E-state index in [4.69, 9.17) is 4.74 Å². The number of benzene rings is 2. The zero-order valence-corrected chi connectivity index (χ0v) is 15.9. The largest absolute Gasteiger partial charge is 0.461 e. The Hall–Kier alpha value is -3.31. The first-order valence-electron chi connectivity index (χ1n) is 8.94. The minimum atomic E-state index is -0.287. The van der Waals surface area contributed by atoms with Crippen LogP contribution in [0.4, 0.5) is 0 Å². The summed E-state index contributed by atoms with van der Waals surface area (Å²) < 4.78 is 5.40. The van der Waals surface area contributed by atoms with Crippen LogP contribution in [0.3, 0.4) is 0 Å². The van der Waals surface area contributed by atoms with Gasteiger partial charge < -0.3 is 4.74 Å². The van der Waals surface area contributed by atoms with Gasteiger partial charge in [-0.2, -0.15) is 0 Å². The number of hydrogen-bond donors (Lipinski definition) is 0. The summed E-state index contributed by atoms with van der Waals surface area (Å²) in [5.41, 5.74) is 4.78. The van der Waals surface area contributed by atoms with E-state index in [9.17, 15) is 4.79 Å². The lowest BCUT2D eigenvalue weighted by molar-refractivity contribution is -0.144. The molecule has 28 heavy (non-hydrogen) atoms. The molecule has 0 radical (unpaired) electrons. The summed E-state index contributed by atoms with van der Waals surface area (Å²) in [6.45, 7) is 0.255. The van der Waals surface area contributed by atoms with Gasteiger partial charge in [0.1, 0.15) is 11.6 Å². The molecule has 0 spiro atoms. The van der Waals surface area contributed by atoms with Gasteiger partial charge >= 0.3 is 5.97 Å². The number of esters is 1. The summed E-state index contributed by atoms with van der Waals surface area (Å²) in [6.07, 6.45) is 1.89. The van der Waals surface area contributed by atoms with Crippen molar-refractivity contribution < 1.29 is 9.53 Å². The molecule has 5 heteroatoms. The number of aromatic nitrogens is 2. The molecule has 4 nitrogen and oxygen atoms in total. The molecule has 4 rings (SSSR count). The van der Waals surface area contributed by atoms with E-state index in [-0.39, 0.29) is 19.0 Å². The maximum atomic E-state index is 12.1. The Morgan fingerprint density at radius 3 is 2.39 bits per heavy atom. The predicted molar refractivity (Wildman–Crippen MR) is 111 cm³/mol. The van der Waals surface area contributed by atoms with Crippen LogP contribution in [0, 0.1) is 0 Å². The van der Waals surface area contributed by atoms with Gasteiger partial charge in [-0.3, -0.25) is 9.78 Å². The molecule has 0 saturated heterocycles. The van der Waals surface area contributed by atoms with Crippen molar-refractivity contribution in [2.75, 3.05) is 0 Å². The van der Waals surface area contributed by atoms with Crippen molar-refractivity contribution >= 4 is 17.3 Å². The average Bonchev–Trinajstić information content (AvgIpc) is 3.22. The van der Waals surface area contributed by atoms with Crippen LogP contribution in [0.2, 0.25) is 0 Å². The van der Waals surface area contributed by atoms with Crippen LogP contribution in [0.1, 0.15) is 11.3 Å². The number of hydrogen-bond acceptors (Lipinski definition) is 5. The Morgan fingerprint density at radius 2 is 1.64 bits per heavy atom. The second kappa shape index (κ2) is 8.59. The number of nitrogens with zero attached hydrogens (tertiary/aromatic N) is 2. The Bertz CT molecular complexity index is 1040. The average molecular weight is 386 g/mol. The minimum absolute atomic E-state index is 0.158. The van der Waals surface area contributed by atoms with E-state index in [1.165, 1.54) is 16.9 Å². The minimum Gasteiger partial charge on any atom is -0.461 e. The summed E-state index contributed by atoms with van der Waals surface area (Å²) in [5.74, 6) is -0.287. The van der Waals surface area contributed by atoms with Gasteiger partial charge in [-0.25, -0.2) is 4.98 Å². The highest BCUT2D eigenvalue weighted by Gasteiger charge is 2.11. The fraction of sp³-hybridized carbons (Fsp3) is 0.0870. The smallest absolute Gasteiger partial charge is 0.312 e. The molecule has 0 aliphatic carbocycles. The van der Waals surface area contributed by atoms with Crippen molar-refractivity contribution in [1.29, 1.82) is 0 Å². The number of rotatable bonds is 6. The maximum absolute atomic E-state index is 12.1. The molecule has 2 heterocycles. The lowest BCUT2D eigenvalue weighted by Crippen LogP contribution is -2.08. The number of thiazole rings is 1. The van der Waals surface area contributed by atoms with Crippen molar-refractivity contribution in [3.8, 4) is 21.8 Å². The van der Waals surface area contributed by atoms with Crippen LogP contribution in [-0.4, -0.2) is 15.9 Å². The molecular weight excluding hydrogens is 368 g/mol. The Morgan fingerprint density at radius 1 is 0.893 bits per heavy atom. The van der Waals surface area contributed by atoms with Gasteiger partial charge in [-0.1, -0.05) is 60.7 Å². The van der Waals surface area contributed by atoms with E-state index >= 15 is 0 Å². The van der Waals surface area contributed by atoms with Crippen molar-refractivity contribution in [1.82, 2.24) is 9.97 Å². The molecule has 0 bridgehead atoms. The van der Waals surface area contributed by atoms with Crippen LogP contribution in [0.15, 0.2) is 84.4 Å². The quantitative estimate of drug-likeness (QED) is 0.430. The first-order valence-corrected chi connectivity index (χ1v) is 9.82. The molecule has 2 aromatic carbocycles. The van der Waals surface area contributed by atoms with Crippen LogP contribution in [-0.2, 0) is 22.6 Å². The Labute approximate surface area is 167 Å². The van der Waals surface area contributed by atoms with Crippen LogP contribution in [0.25, 0.3) is 21.8 Å². The van der Waals surface area contributed by atoms with E-state index in [1.54, 1.807) is 6.20 Å². The molecular formula is C23H18N2O2S. The molecule has 0 aliphatic rings. The molecule has 0 aliphatic heterocycles. The molecule has 4 aromatic rings. The van der Waals surface area contributed by atoms with Crippen LogP contribution in [0.5, 0.6) is 0 Å². The fourth-order valence-corrected chi connectivity index (χ4v) is 3.58. The summed E-state index contributed by atoms with van der Waals surface area (Å²) in [5, 5.41) is 2.68. The van der Waals surface area contributed by atoms with Crippen LogP contribution < -0.4 is 0 Å². The van der Waals surface area contributed by atoms with Gasteiger partial charge in [0.05, 0.1) is 17.8 Å². The van der Waals surface area contributed by atoms with Crippen molar-refractivity contribution in [3.63, 3.8) is 0 Å². The van der Waals surface area contributed by atoms with Crippen molar-refractivity contribution in [2.24, 2.45) is 0 Å². The molecule has 0 fully saturated rings. The predicted octanol–water partition coefficient (Wildman–Crippen LogP) is 5.16. The molecule has 0 N–H and O–H groups in total. The number of carbonyl (C=O) groups is 1. The third-order valence-electron chi connectivity index (χ3n) is 4.22. The molecule has 0 saturated carbocycles. The maximum Gasteiger partial charge on any atom is 0.312 e. The second-order valence-corrected chi connectivity index (χ2v) is 7.12. The van der Waals surface area contributed by atoms with Gasteiger partial charge in [0, 0.05) is 11.6 Å². The lowest BCUT2D eigenvalue weighted by Gasteiger charge is -2.06. The first kappa shape index (κ1) is 18.1. The monoisotopic (exact) mass is 386 g/mol. The summed E-state index contributed by atoms with van der Waals surface area (Å²) in [7, 11) is 0. The summed E-state index contributed by atoms with van der Waals surface area (Å²) in [4.78, 5) is 20.9. The molecule has 138 valence electrons. The Kier molecular flexibility index (Phi) is 5.54. The highest BCUT2D eigenvalue weighted by Crippen LogP contribution is 2.22. The summed E-state index contributed by atoms with van der Waals surface area (Å²) >= 11 is 1.48. The normalized spacial score (nSPS) is 10.6. The zero-order valence-electron chi connectivity index (χ0n) is 15.1. The van der Waals surface area contributed by atoms with E-state index < -0.39 is 0 Å². The first-order chi connectivity index (χ1) is 13.8.